The smallest absolute Gasteiger partial charge is 0.272 e. The van der Waals surface area contributed by atoms with Crippen molar-refractivity contribution in [2.45, 2.75) is 13.0 Å². The fourth-order valence-electron chi connectivity index (χ4n) is 2.02. The van der Waals surface area contributed by atoms with Crippen molar-refractivity contribution in [3.63, 3.8) is 0 Å². The van der Waals surface area contributed by atoms with Crippen LogP contribution in [0.25, 0.3) is 0 Å². The van der Waals surface area contributed by atoms with Crippen LogP contribution in [0.1, 0.15) is 6.92 Å². The summed E-state index contributed by atoms with van der Waals surface area (Å²) in [5, 5.41) is 14.5. The fourth-order valence-corrected chi connectivity index (χ4v) is 2.72. The molecule has 18 heavy (non-hydrogen) atoms. The highest BCUT2D eigenvalue weighted by atomic mass is 35.5. The summed E-state index contributed by atoms with van der Waals surface area (Å²) in [7, 11) is 0. The van der Waals surface area contributed by atoms with Crippen LogP contribution < -0.4 is 10.2 Å². The van der Waals surface area contributed by atoms with E-state index in [4.69, 9.17) is 23.2 Å². The molecule has 0 radical (unpaired) electrons. The van der Waals surface area contributed by atoms with Gasteiger partial charge in [0.1, 0.15) is 0 Å². The maximum Gasteiger partial charge on any atom is 0.272 e. The lowest BCUT2D eigenvalue weighted by Crippen LogP contribution is -2.57. The summed E-state index contributed by atoms with van der Waals surface area (Å²) in [6.45, 7) is 4.50. The number of benzene rings is 1. The van der Waals surface area contributed by atoms with Crippen LogP contribution in [0.3, 0.4) is 0 Å². The maximum atomic E-state index is 10.7. The van der Waals surface area contributed by atoms with Gasteiger partial charge in [-0.3, -0.25) is 10.1 Å². The number of nitrogens with one attached hydrogen (secondary N) is 1. The zero-order valence-corrected chi connectivity index (χ0v) is 11.3. The van der Waals surface area contributed by atoms with E-state index in [0.29, 0.717) is 21.8 Å². The Kier molecular flexibility index (Phi) is 3.94. The Morgan fingerprint density at radius 1 is 1.44 bits per heavy atom. The van der Waals surface area contributed by atoms with E-state index in [1.54, 1.807) is 0 Å². The molecule has 7 heteroatoms. The molecule has 0 unspecified atom stereocenters. The number of non-ortho nitro benzene ring substituents is 1. The van der Waals surface area contributed by atoms with Crippen LogP contribution in [0.2, 0.25) is 10.0 Å². The van der Waals surface area contributed by atoms with E-state index in [1.807, 2.05) is 6.92 Å². The minimum Gasteiger partial charge on any atom is -0.364 e. The molecule has 2 rings (SSSR count). The third kappa shape index (κ3) is 2.39. The SMILES string of the molecule is CCN(c1c(Cl)cc([N+](=O)[O-])cc1Cl)C1CNC1. The van der Waals surface area contributed by atoms with Gasteiger partial charge in [-0.05, 0) is 6.92 Å². The Morgan fingerprint density at radius 2 is 2.00 bits per heavy atom. The van der Waals surface area contributed by atoms with Crippen molar-refractivity contribution < 1.29 is 4.92 Å². The Balaban J connectivity index is 2.40. The Labute approximate surface area is 115 Å². The maximum absolute atomic E-state index is 10.7. The van der Waals surface area contributed by atoms with Crippen molar-refractivity contribution in [1.29, 1.82) is 0 Å². The van der Waals surface area contributed by atoms with E-state index in [1.165, 1.54) is 12.1 Å². The van der Waals surface area contributed by atoms with Crippen molar-refractivity contribution in [1.82, 2.24) is 5.32 Å². The standard InChI is InChI=1S/C11H13Cl2N3O2/c1-2-15(8-5-14-6-8)11-9(12)3-7(16(17)18)4-10(11)13/h3-4,8,14H,2,5-6H2,1H3. The van der Waals surface area contributed by atoms with Crippen LogP contribution in [-0.4, -0.2) is 30.6 Å². The first kappa shape index (κ1) is 13.4. The van der Waals surface area contributed by atoms with Crippen molar-refractivity contribution in [2.75, 3.05) is 24.5 Å². The van der Waals surface area contributed by atoms with E-state index in [2.05, 4.69) is 10.2 Å². The molecule has 0 bridgehead atoms. The second-order valence-corrected chi connectivity index (χ2v) is 4.93. The Morgan fingerprint density at radius 3 is 2.33 bits per heavy atom. The quantitative estimate of drug-likeness (QED) is 0.684. The van der Waals surface area contributed by atoms with Crippen molar-refractivity contribution in [2.24, 2.45) is 0 Å². The molecule has 1 heterocycles. The van der Waals surface area contributed by atoms with Gasteiger partial charge in [-0.25, -0.2) is 0 Å². The number of halogens is 2. The molecule has 0 atom stereocenters. The Hall–Kier alpha value is -1.04. The normalized spacial score (nSPS) is 15.3. The first-order valence-electron chi connectivity index (χ1n) is 5.65. The number of nitro groups is 1. The van der Waals surface area contributed by atoms with Gasteiger partial charge < -0.3 is 10.2 Å². The van der Waals surface area contributed by atoms with Crippen LogP contribution in [-0.2, 0) is 0 Å². The molecule has 0 aliphatic carbocycles. The summed E-state index contributed by atoms with van der Waals surface area (Å²) in [6.07, 6.45) is 0. The molecule has 0 amide bonds. The van der Waals surface area contributed by atoms with E-state index in [0.717, 1.165) is 19.6 Å². The molecule has 1 fully saturated rings. The lowest BCUT2D eigenvalue weighted by atomic mass is 10.1. The summed E-state index contributed by atoms with van der Waals surface area (Å²) in [6, 6.07) is 3.03. The largest absolute Gasteiger partial charge is 0.364 e. The van der Waals surface area contributed by atoms with Gasteiger partial charge in [0.05, 0.1) is 26.7 Å². The van der Waals surface area contributed by atoms with Crippen LogP contribution >= 0.6 is 23.2 Å². The molecule has 0 spiro atoms. The van der Waals surface area contributed by atoms with Gasteiger partial charge in [0.15, 0.2) is 0 Å². The zero-order valence-electron chi connectivity index (χ0n) is 9.82. The lowest BCUT2D eigenvalue weighted by molar-refractivity contribution is -0.384. The monoisotopic (exact) mass is 289 g/mol. The molecule has 1 aliphatic rings. The highest BCUT2D eigenvalue weighted by Gasteiger charge is 2.27. The fraction of sp³-hybridized carbons (Fsp3) is 0.455. The number of nitro benzene ring substituents is 1. The number of anilines is 1. The number of likely N-dealkylation sites (N-methyl/N-ethyl adjacent to an activating group) is 1. The summed E-state index contributed by atoms with van der Waals surface area (Å²) in [4.78, 5) is 12.3. The highest BCUT2D eigenvalue weighted by Crippen LogP contribution is 2.38. The van der Waals surface area contributed by atoms with Crippen molar-refractivity contribution >= 4 is 34.6 Å². The number of hydrogen-bond donors (Lipinski definition) is 1. The summed E-state index contributed by atoms with van der Waals surface area (Å²) < 4.78 is 0. The molecule has 1 N–H and O–H groups in total. The molecule has 98 valence electrons. The van der Waals surface area contributed by atoms with Crippen molar-refractivity contribution in [3.05, 3.63) is 32.3 Å². The summed E-state index contributed by atoms with van der Waals surface area (Å²) >= 11 is 12.3. The van der Waals surface area contributed by atoms with Gasteiger partial charge in [-0.15, -0.1) is 0 Å². The molecular formula is C11H13Cl2N3O2. The number of rotatable bonds is 4. The van der Waals surface area contributed by atoms with Gasteiger partial charge >= 0.3 is 0 Å². The van der Waals surface area contributed by atoms with E-state index in [-0.39, 0.29) is 5.69 Å². The minimum absolute atomic E-state index is 0.0865. The van der Waals surface area contributed by atoms with Crippen LogP contribution in [0.4, 0.5) is 11.4 Å². The number of hydrogen-bond acceptors (Lipinski definition) is 4. The predicted molar refractivity (Wildman–Crippen MR) is 72.8 cm³/mol. The van der Waals surface area contributed by atoms with Crippen LogP contribution in [0, 0.1) is 10.1 Å². The summed E-state index contributed by atoms with van der Waals surface area (Å²) in [5.41, 5.74) is 0.592. The van der Waals surface area contributed by atoms with Crippen LogP contribution in [0.5, 0.6) is 0 Å². The van der Waals surface area contributed by atoms with Gasteiger partial charge in [0.25, 0.3) is 5.69 Å². The minimum atomic E-state index is -0.497. The first-order valence-corrected chi connectivity index (χ1v) is 6.41. The number of nitrogens with zero attached hydrogens (tertiary/aromatic N) is 2. The van der Waals surface area contributed by atoms with Gasteiger partial charge in [0.2, 0.25) is 0 Å². The molecule has 0 aromatic heterocycles. The molecule has 5 nitrogen and oxygen atoms in total. The third-order valence-electron chi connectivity index (χ3n) is 3.04. The van der Waals surface area contributed by atoms with Gasteiger partial charge in [0, 0.05) is 31.8 Å². The van der Waals surface area contributed by atoms with E-state index in [9.17, 15) is 10.1 Å². The molecule has 1 aromatic rings. The molecule has 0 saturated carbocycles. The average molecular weight is 290 g/mol. The second-order valence-electron chi connectivity index (χ2n) is 4.11. The van der Waals surface area contributed by atoms with Crippen molar-refractivity contribution in [3.8, 4) is 0 Å². The van der Waals surface area contributed by atoms with Crippen LogP contribution in [0.15, 0.2) is 12.1 Å². The van der Waals surface area contributed by atoms with E-state index >= 15 is 0 Å². The van der Waals surface area contributed by atoms with E-state index < -0.39 is 4.92 Å². The van der Waals surface area contributed by atoms with Gasteiger partial charge in [-0.2, -0.15) is 0 Å². The molecule has 1 aliphatic heterocycles. The predicted octanol–water partition coefficient (Wildman–Crippen LogP) is 2.70. The Bertz CT molecular complexity index is 454. The molecule has 1 saturated heterocycles. The average Bonchev–Trinajstić information content (AvgIpc) is 2.23. The lowest BCUT2D eigenvalue weighted by Gasteiger charge is -2.40. The summed E-state index contributed by atoms with van der Waals surface area (Å²) in [5.74, 6) is 0. The topological polar surface area (TPSA) is 58.4 Å². The molecular weight excluding hydrogens is 277 g/mol. The second kappa shape index (κ2) is 5.30. The highest BCUT2D eigenvalue weighted by molar-refractivity contribution is 6.39. The first-order chi connectivity index (χ1) is 8.54. The third-order valence-corrected chi connectivity index (χ3v) is 3.62. The van der Waals surface area contributed by atoms with Gasteiger partial charge in [-0.1, -0.05) is 23.2 Å². The zero-order chi connectivity index (χ0) is 13.3. The molecule has 1 aromatic carbocycles.